The minimum atomic E-state index is -0.564. The van der Waals surface area contributed by atoms with Gasteiger partial charge in [-0.05, 0) is 50.5 Å². The van der Waals surface area contributed by atoms with Crippen LogP contribution < -0.4 is 11.2 Å². The summed E-state index contributed by atoms with van der Waals surface area (Å²) in [5.74, 6) is 5.39. The number of anilines is 1. The summed E-state index contributed by atoms with van der Waals surface area (Å²) in [7, 11) is 0. The molecule has 3 N–H and O–H groups in total. The molecule has 1 unspecified atom stereocenters. The van der Waals surface area contributed by atoms with Crippen LogP contribution >= 0.6 is 0 Å². The average Bonchev–Trinajstić information content (AvgIpc) is 2.50. The van der Waals surface area contributed by atoms with Crippen molar-refractivity contribution < 1.29 is 19.1 Å². The van der Waals surface area contributed by atoms with Gasteiger partial charge in [0.25, 0.3) is 0 Å². The lowest BCUT2D eigenvalue weighted by atomic mass is 10.1. The highest BCUT2D eigenvalue weighted by molar-refractivity contribution is 5.91. The summed E-state index contributed by atoms with van der Waals surface area (Å²) in [6.07, 6.45) is 1.76. The molecule has 1 fully saturated rings. The van der Waals surface area contributed by atoms with Crippen molar-refractivity contribution >= 4 is 17.7 Å². The van der Waals surface area contributed by atoms with Crippen molar-refractivity contribution in [1.82, 2.24) is 5.01 Å². The van der Waals surface area contributed by atoms with Crippen molar-refractivity contribution in [2.24, 2.45) is 5.84 Å². The van der Waals surface area contributed by atoms with Gasteiger partial charge in [-0.3, -0.25) is 11.2 Å². The molecule has 0 radical (unpaired) electrons. The topological polar surface area (TPSA) is 93.9 Å². The molecule has 0 aliphatic carbocycles. The third-order valence-corrected chi connectivity index (χ3v) is 3.37. The smallest absolute Gasteiger partial charge is 0.413 e. The number of carbonyl (C=O) groups excluding carboxylic acids is 2. The number of ether oxygens (including phenoxy) is 2. The van der Waals surface area contributed by atoms with Crippen LogP contribution in [0.15, 0.2) is 24.3 Å². The highest BCUT2D eigenvalue weighted by Gasteiger charge is 2.23. The number of benzene rings is 1. The van der Waals surface area contributed by atoms with Gasteiger partial charge in [-0.2, -0.15) is 0 Å². The first-order chi connectivity index (χ1) is 10.6. The quantitative estimate of drug-likeness (QED) is 0.653. The summed E-state index contributed by atoms with van der Waals surface area (Å²) in [6, 6.07) is 6.41. The number of hydrazine groups is 1. The number of rotatable bonds is 4. The van der Waals surface area contributed by atoms with Crippen LogP contribution in [0.5, 0.6) is 0 Å². The predicted octanol–water partition coefficient (Wildman–Crippen LogP) is 2.10. The lowest BCUT2D eigenvalue weighted by Gasteiger charge is -2.30. The predicted molar refractivity (Wildman–Crippen MR) is 81.0 cm³/mol. The second kappa shape index (κ2) is 7.77. The number of esters is 1. The van der Waals surface area contributed by atoms with Gasteiger partial charge in [0.05, 0.1) is 12.2 Å². The Hall–Kier alpha value is -2.12. The van der Waals surface area contributed by atoms with E-state index in [2.05, 4.69) is 5.32 Å². The molecule has 0 spiro atoms. The lowest BCUT2D eigenvalue weighted by Crippen LogP contribution is -2.47. The van der Waals surface area contributed by atoms with E-state index in [-0.39, 0.29) is 0 Å². The largest absolute Gasteiger partial charge is 0.462 e. The van der Waals surface area contributed by atoms with Crippen LogP contribution in [0.1, 0.15) is 36.5 Å². The SMILES string of the molecule is CCOC(=O)c1ccc(NC(=O)OC2CCCCN2N)cc1. The zero-order valence-corrected chi connectivity index (χ0v) is 12.6. The van der Waals surface area contributed by atoms with E-state index < -0.39 is 18.3 Å². The van der Waals surface area contributed by atoms with Gasteiger partial charge in [-0.25, -0.2) is 14.6 Å². The fourth-order valence-electron chi connectivity index (χ4n) is 2.22. The van der Waals surface area contributed by atoms with Crippen molar-refractivity contribution in [2.75, 3.05) is 18.5 Å². The van der Waals surface area contributed by atoms with Gasteiger partial charge in [-0.15, -0.1) is 0 Å². The van der Waals surface area contributed by atoms with Crippen molar-refractivity contribution in [3.8, 4) is 0 Å². The first-order valence-corrected chi connectivity index (χ1v) is 7.36. The van der Waals surface area contributed by atoms with Gasteiger partial charge >= 0.3 is 12.1 Å². The van der Waals surface area contributed by atoms with Crippen LogP contribution in [-0.4, -0.2) is 36.5 Å². The zero-order chi connectivity index (χ0) is 15.9. The molecule has 0 aromatic heterocycles. The molecule has 1 aliphatic heterocycles. The first kappa shape index (κ1) is 16.3. The van der Waals surface area contributed by atoms with Crippen LogP contribution in [0.3, 0.4) is 0 Å². The molecule has 120 valence electrons. The molecular weight excluding hydrogens is 286 g/mol. The Morgan fingerprint density at radius 2 is 2.05 bits per heavy atom. The van der Waals surface area contributed by atoms with Gasteiger partial charge in [0.2, 0.25) is 0 Å². The maximum atomic E-state index is 11.8. The molecule has 0 saturated carbocycles. The Kier molecular flexibility index (Phi) is 5.74. The van der Waals surface area contributed by atoms with Gasteiger partial charge in [-0.1, -0.05) is 0 Å². The molecule has 1 atom stereocenters. The van der Waals surface area contributed by atoms with E-state index in [0.29, 0.717) is 24.4 Å². The number of nitrogens with two attached hydrogens (primary N) is 1. The number of hydrogen-bond acceptors (Lipinski definition) is 6. The second-order valence-electron chi connectivity index (χ2n) is 5.02. The molecule has 1 heterocycles. The van der Waals surface area contributed by atoms with Gasteiger partial charge in [0.1, 0.15) is 0 Å². The number of nitrogens with zero attached hydrogens (tertiary/aromatic N) is 1. The molecule has 1 amide bonds. The monoisotopic (exact) mass is 307 g/mol. The van der Waals surface area contributed by atoms with Crippen molar-refractivity contribution in [3.63, 3.8) is 0 Å². The zero-order valence-electron chi connectivity index (χ0n) is 12.6. The number of carbonyl (C=O) groups is 2. The van der Waals surface area contributed by atoms with Crippen LogP contribution in [0.2, 0.25) is 0 Å². The molecule has 0 bridgehead atoms. The second-order valence-corrected chi connectivity index (χ2v) is 5.02. The highest BCUT2D eigenvalue weighted by atomic mass is 16.6. The third kappa shape index (κ3) is 4.44. The maximum Gasteiger partial charge on any atom is 0.413 e. The molecule has 7 heteroatoms. The third-order valence-electron chi connectivity index (χ3n) is 3.37. The van der Waals surface area contributed by atoms with Gasteiger partial charge < -0.3 is 9.47 Å². The Morgan fingerprint density at radius 3 is 2.68 bits per heavy atom. The summed E-state index contributed by atoms with van der Waals surface area (Å²) in [5, 5.41) is 4.15. The van der Waals surface area contributed by atoms with Crippen molar-refractivity contribution in [2.45, 2.75) is 32.4 Å². The fraction of sp³-hybridized carbons (Fsp3) is 0.467. The van der Waals surface area contributed by atoms with Crippen molar-refractivity contribution in [3.05, 3.63) is 29.8 Å². The van der Waals surface area contributed by atoms with Gasteiger partial charge in [0.15, 0.2) is 6.23 Å². The summed E-state index contributed by atoms with van der Waals surface area (Å²) >= 11 is 0. The van der Waals surface area contributed by atoms with E-state index in [4.69, 9.17) is 15.3 Å². The first-order valence-electron chi connectivity index (χ1n) is 7.36. The van der Waals surface area contributed by atoms with Crippen LogP contribution in [-0.2, 0) is 9.47 Å². The summed E-state index contributed by atoms with van der Waals surface area (Å²) in [6.45, 7) is 2.78. The molecule has 1 aromatic rings. The average molecular weight is 307 g/mol. The van der Waals surface area contributed by atoms with E-state index >= 15 is 0 Å². The molecule has 2 rings (SSSR count). The Bertz CT molecular complexity index is 518. The molecule has 7 nitrogen and oxygen atoms in total. The number of hydrogen-bond donors (Lipinski definition) is 2. The normalized spacial score (nSPS) is 18.5. The Morgan fingerprint density at radius 1 is 1.32 bits per heavy atom. The lowest BCUT2D eigenvalue weighted by molar-refractivity contribution is -0.0321. The Balaban J connectivity index is 1.87. The van der Waals surface area contributed by atoms with Crippen LogP contribution in [0.4, 0.5) is 10.5 Å². The highest BCUT2D eigenvalue weighted by Crippen LogP contribution is 2.16. The van der Waals surface area contributed by atoms with E-state index in [9.17, 15) is 9.59 Å². The molecule has 1 aliphatic rings. The number of piperidine rings is 1. The van der Waals surface area contributed by atoms with Crippen LogP contribution in [0.25, 0.3) is 0 Å². The maximum absolute atomic E-state index is 11.8. The van der Waals surface area contributed by atoms with Crippen molar-refractivity contribution in [1.29, 1.82) is 0 Å². The minimum Gasteiger partial charge on any atom is -0.462 e. The van der Waals surface area contributed by atoms with E-state index in [1.165, 1.54) is 5.01 Å². The minimum absolute atomic E-state index is 0.322. The van der Waals surface area contributed by atoms with E-state index in [1.54, 1.807) is 31.2 Å². The summed E-state index contributed by atoms with van der Waals surface area (Å²) < 4.78 is 10.2. The molecule has 1 aromatic carbocycles. The molecule has 1 saturated heterocycles. The number of amides is 1. The number of nitrogens with one attached hydrogen (secondary N) is 1. The standard InChI is InChI=1S/C15H21N3O4/c1-2-21-14(19)11-6-8-12(9-7-11)17-15(20)22-13-5-3-4-10-18(13)16/h6-9,13H,2-5,10,16H2,1H3,(H,17,20). The van der Waals surface area contributed by atoms with E-state index in [0.717, 1.165) is 19.3 Å². The fourth-order valence-corrected chi connectivity index (χ4v) is 2.22. The molecule has 22 heavy (non-hydrogen) atoms. The van der Waals surface area contributed by atoms with E-state index in [1.807, 2.05) is 0 Å². The Labute approximate surface area is 129 Å². The molecular formula is C15H21N3O4. The van der Waals surface area contributed by atoms with Gasteiger partial charge in [0, 0.05) is 12.2 Å². The summed E-state index contributed by atoms with van der Waals surface area (Å²) in [4.78, 5) is 23.4. The summed E-state index contributed by atoms with van der Waals surface area (Å²) in [5.41, 5.74) is 0.971. The van der Waals surface area contributed by atoms with Crippen LogP contribution in [0, 0.1) is 0 Å².